The maximum absolute atomic E-state index is 10.9. The predicted octanol–water partition coefficient (Wildman–Crippen LogP) is 3.64. The molecule has 0 aliphatic rings. The second-order valence-corrected chi connectivity index (χ2v) is 5.55. The minimum Gasteiger partial charge on any atom is -0.494 e. The average molecular weight is 301 g/mol. The zero-order chi connectivity index (χ0) is 13.1. The number of carboxylic acids is 1. The molecule has 3 nitrogen and oxygen atoms in total. The molecule has 1 aromatic rings. The van der Waals surface area contributed by atoms with E-state index in [0.717, 1.165) is 15.8 Å². The summed E-state index contributed by atoms with van der Waals surface area (Å²) in [4.78, 5) is 10.9. The summed E-state index contributed by atoms with van der Waals surface area (Å²) in [5.41, 5.74) is 0.352. The number of hydrogen-bond acceptors (Lipinski definition) is 2. The summed E-state index contributed by atoms with van der Waals surface area (Å²) in [6, 6.07) is 5.72. The fourth-order valence-corrected chi connectivity index (χ4v) is 1.48. The maximum atomic E-state index is 10.9. The zero-order valence-electron chi connectivity index (χ0n) is 10.3. The molecule has 0 atom stereocenters. The summed E-state index contributed by atoms with van der Waals surface area (Å²) in [5, 5.41) is 8.96. The van der Waals surface area contributed by atoms with E-state index in [-0.39, 0.29) is 0 Å². The van der Waals surface area contributed by atoms with Crippen molar-refractivity contribution in [3.63, 3.8) is 0 Å². The molecule has 0 aromatic heterocycles. The van der Waals surface area contributed by atoms with E-state index in [1.165, 1.54) is 0 Å². The van der Waals surface area contributed by atoms with E-state index in [1.54, 1.807) is 13.8 Å². The summed E-state index contributed by atoms with van der Waals surface area (Å²) >= 11 is 3.42. The molecule has 0 bridgehead atoms. The molecule has 0 saturated carbocycles. The summed E-state index contributed by atoms with van der Waals surface area (Å²) in [5.74, 6) is -0.0278. The molecule has 1 rings (SSSR count). The van der Waals surface area contributed by atoms with E-state index < -0.39 is 11.4 Å². The van der Waals surface area contributed by atoms with Crippen molar-refractivity contribution in [3.8, 4) is 5.75 Å². The number of hydrogen-bond donors (Lipinski definition) is 1. The SMILES string of the molecule is Cc1cc(OCCC(C)(C)C(=O)O)ccc1Br. The van der Waals surface area contributed by atoms with Gasteiger partial charge in [-0.2, -0.15) is 0 Å². The van der Waals surface area contributed by atoms with Crippen molar-refractivity contribution in [1.82, 2.24) is 0 Å². The Kier molecular flexibility index (Phi) is 4.57. The average Bonchev–Trinajstić information content (AvgIpc) is 2.23. The monoisotopic (exact) mass is 300 g/mol. The number of rotatable bonds is 5. The zero-order valence-corrected chi connectivity index (χ0v) is 11.9. The van der Waals surface area contributed by atoms with Gasteiger partial charge in [0, 0.05) is 4.47 Å². The van der Waals surface area contributed by atoms with Crippen LogP contribution in [0.15, 0.2) is 22.7 Å². The van der Waals surface area contributed by atoms with Gasteiger partial charge in [0.05, 0.1) is 12.0 Å². The van der Waals surface area contributed by atoms with Gasteiger partial charge < -0.3 is 9.84 Å². The van der Waals surface area contributed by atoms with Crippen molar-refractivity contribution in [2.75, 3.05) is 6.61 Å². The molecule has 0 aliphatic heterocycles. The van der Waals surface area contributed by atoms with Gasteiger partial charge in [0.2, 0.25) is 0 Å². The quantitative estimate of drug-likeness (QED) is 0.903. The molecule has 0 heterocycles. The van der Waals surface area contributed by atoms with E-state index in [9.17, 15) is 4.79 Å². The molecular weight excluding hydrogens is 284 g/mol. The Morgan fingerprint density at radius 3 is 2.65 bits per heavy atom. The minimum absolute atomic E-state index is 0.403. The highest BCUT2D eigenvalue weighted by atomic mass is 79.9. The van der Waals surface area contributed by atoms with E-state index in [1.807, 2.05) is 25.1 Å². The molecule has 94 valence electrons. The number of carboxylic acid groups (broad SMARTS) is 1. The van der Waals surface area contributed by atoms with Crippen molar-refractivity contribution < 1.29 is 14.6 Å². The van der Waals surface area contributed by atoms with Crippen molar-refractivity contribution in [2.24, 2.45) is 5.41 Å². The van der Waals surface area contributed by atoms with Gasteiger partial charge in [0.15, 0.2) is 0 Å². The number of ether oxygens (including phenoxy) is 1. The third-order valence-electron chi connectivity index (χ3n) is 2.70. The molecule has 17 heavy (non-hydrogen) atoms. The molecule has 0 amide bonds. The van der Waals surface area contributed by atoms with Crippen LogP contribution in [0.1, 0.15) is 25.8 Å². The third kappa shape index (κ3) is 4.04. The summed E-state index contributed by atoms with van der Waals surface area (Å²) in [7, 11) is 0. The van der Waals surface area contributed by atoms with Gasteiger partial charge in [0.25, 0.3) is 0 Å². The molecule has 1 N–H and O–H groups in total. The van der Waals surface area contributed by atoms with Crippen LogP contribution >= 0.6 is 15.9 Å². The standard InChI is InChI=1S/C13H17BrO3/c1-9-8-10(4-5-11(9)14)17-7-6-13(2,3)12(15)16/h4-5,8H,6-7H2,1-3H3,(H,15,16). The van der Waals surface area contributed by atoms with Gasteiger partial charge in [-0.15, -0.1) is 0 Å². The van der Waals surface area contributed by atoms with Crippen LogP contribution < -0.4 is 4.74 Å². The fraction of sp³-hybridized carbons (Fsp3) is 0.462. The highest BCUT2D eigenvalue weighted by molar-refractivity contribution is 9.10. The molecule has 0 fully saturated rings. The van der Waals surface area contributed by atoms with Crippen molar-refractivity contribution in [1.29, 1.82) is 0 Å². The maximum Gasteiger partial charge on any atom is 0.309 e. The molecule has 0 radical (unpaired) electrons. The number of aliphatic carboxylic acids is 1. The van der Waals surface area contributed by atoms with Gasteiger partial charge in [-0.25, -0.2) is 0 Å². The van der Waals surface area contributed by atoms with Crippen LogP contribution in [0.25, 0.3) is 0 Å². The topological polar surface area (TPSA) is 46.5 Å². The normalized spacial score (nSPS) is 11.3. The molecular formula is C13H17BrO3. The van der Waals surface area contributed by atoms with Gasteiger partial charge in [-0.3, -0.25) is 4.79 Å². The first-order chi connectivity index (χ1) is 7.83. The van der Waals surface area contributed by atoms with Gasteiger partial charge in [-0.1, -0.05) is 15.9 Å². The fourth-order valence-electron chi connectivity index (χ4n) is 1.24. The second kappa shape index (κ2) is 5.54. The molecule has 4 heteroatoms. The summed E-state index contributed by atoms with van der Waals surface area (Å²) in [6.07, 6.45) is 0.484. The first-order valence-electron chi connectivity index (χ1n) is 5.45. The van der Waals surface area contributed by atoms with E-state index in [0.29, 0.717) is 13.0 Å². The number of halogens is 1. The lowest BCUT2D eigenvalue weighted by Gasteiger charge is -2.19. The van der Waals surface area contributed by atoms with Crippen molar-refractivity contribution >= 4 is 21.9 Å². The van der Waals surface area contributed by atoms with Crippen LogP contribution in [-0.4, -0.2) is 17.7 Å². The van der Waals surface area contributed by atoms with E-state index in [4.69, 9.17) is 9.84 Å². The minimum atomic E-state index is -0.798. The van der Waals surface area contributed by atoms with E-state index >= 15 is 0 Å². The lowest BCUT2D eigenvalue weighted by molar-refractivity contribution is -0.147. The predicted molar refractivity (Wildman–Crippen MR) is 70.4 cm³/mol. The van der Waals surface area contributed by atoms with Gasteiger partial charge in [0.1, 0.15) is 5.75 Å². The molecule has 0 aliphatic carbocycles. The number of aryl methyl sites for hydroxylation is 1. The smallest absolute Gasteiger partial charge is 0.309 e. The highest BCUT2D eigenvalue weighted by Crippen LogP contribution is 2.24. The Bertz CT molecular complexity index is 413. The van der Waals surface area contributed by atoms with Crippen LogP contribution in [0.4, 0.5) is 0 Å². The first kappa shape index (κ1) is 14.0. The van der Waals surface area contributed by atoms with Crippen LogP contribution in [0, 0.1) is 12.3 Å². The lowest BCUT2D eigenvalue weighted by atomic mass is 9.90. The van der Waals surface area contributed by atoms with Gasteiger partial charge in [-0.05, 0) is 51.0 Å². The second-order valence-electron chi connectivity index (χ2n) is 4.70. The highest BCUT2D eigenvalue weighted by Gasteiger charge is 2.26. The Morgan fingerprint density at radius 2 is 2.12 bits per heavy atom. The molecule has 0 saturated heterocycles. The Labute approximate surface area is 110 Å². The van der Waals surface area contributed by atoms with Crippen LogP contribution in [0.3, 0.4) is 0 Å². The molecule has 0 spiro atoms. The van der Waals surface area contributed by atoms with Crippen LogP contribution in [0.2, 0.25) is 0 Å². The molecule has 1 aromatic carbocycles. The van der Waals surface area contributed by atoms with E-state index in [2.05, 4.69) is 15.9 Å². The van der Waals surface area contributed by atoms with Crippen LogP contribution in [-0.2, 0) is 4.79 Å². The van der Waals surface area contributed by atoms with Crippen LogP contribution in [0.5, 0.6) is 5.75 Å². The van der Waals surface area contributed by atoms with Crippen molar-refractivity contribution in [3.05, 3.63) is 28.2 Å². The first-order valence-corrected chi connectivity index (χ1v) is 6.24. The summed E-state index contributed by atoms with van der Waals surface area (Å²) < 4.78 is 6.58. The Balaban J connectivity index is 2.51. The number of benzene rings is 1. The third-order valence-corrected chi connectivity index (χ3v) is 3.59. The Hall–Kier alpha value is -1.03. The number of carbonyl (C=O) groups is 1. The Morgan fingerprint density at radius 1 is 1.47 bits per heavy atom. The molecule has 0 unspecified atom stereocenters. The lowest BCUT2D eigenvalue weighted by Crippen LogP contribution is -2.25. The van der Waals surface area contributed by atoms with Crippen molar-refractivity contribution in [2.45, 2.75) is 27.2 Å². The largest absolute Gasteiger partial charge is 0.494 e. The van der Waals surface area contributed by atoms with Gasteiger partial charge >= 0.3 is 5.97 Å². The summed E-state index contributed by atoms with van der Waals surface area (Å²) in [6.45, 7) is 5.79.